The highest BCUT2D eigenvalue weighted by molar-refractivity contribution is 5.81. The molecule has 2 aromatic carbocycles. The van der Waals surface area contributed by atoms with Gasteiger partial charge in [0.05, 0.1) is 11.0 Å². The molecule has 0 radical (unpaired) electrons. The molecule has 3 rings (SSSR count). The molecule has 1 aromatic heterocycles. The molecule has 0 unspecified atom stereocenters. The van der Waals surface area contributed by atoms with Gasteiger partial charge in [0, 0.05) is 12.6 Å². The number of nitrogens with zero attached hydrogens (tertiary/aromatic N) is 2. The fourth-order valence-corrected chi connectivity index (χ4v) is 2.45. The van der Waals surface area contributed by atoms with Gasteiger partial charge in [0.2, 0.25) is 0 Å². The topological polar surface area (TPSA) is 38.1 Å². The van der Waals surface area contributed by atoms with Crippen molar-refractivity contribution in [3.63, 3.8) is 0 Å². The summed E-state index contributed by atoms with van der Waals surface area (Å²) in [7, 11) is 2.02. The molecule has 0 aliphatic heterocycles. The second-order valence-corrected chi connectivity index (χ2v) is 4.99. The van der Waals surface area contributed by atoms with E-state index in [1.165, 1.54) is 5.56 Å². The highest BCUT2D eigenvalue weighted by Crippen LogP contribution is 2.28. The van der Waals surface area contributed by atoms with Gasteiger partial charge in [-0.15, -0.1) is 0 Å². The molecule has 1 heterocycles. The number of benzene rings is 2. The van der Waals surface area contributed by atoms with Crippen molar-refractivity contribution in [1.82, 2.24) is 9.55 Å². The molecular formula is C16H16N2O. The zero-order valence-electron chi connectivity index (χ0n) is 11.3. The highest BCUT2D eigenvalue weighted by atomic mass is 16.3. The molecular weight excluding hydrogens is 236 g/mol. The summed E-state index contributed by atoms with van der Waals surface area (Å²) < 4.78 is 2.09. The molecule has 1 N–H and O–H groups in total. The second-order valence-electron chi connectivity index (χ2n) is 4.99. The first kappa shape index (κ1) is 11.8. The molecule has 96 valence electrons. The van der Waals surface area contributed by atoms with E-state index in [1.54, 1.807) is 12.1 Å². The van der Waals surface area contributed by atoms with Crippen molar-refractivity contribution >= 4 is 11.0 Å². The van der Waals surface area contributed by atoms with Crippen LogP contribution >= 0.6 is 0 Å². The Labute approximate surface area is 112 Å². The molecule has 0 aliphatic carbocycles. The van der Waals surface area contributed by atoms with E-state index in [9.17, 15) is 5.11 Å². The van der Waals surface area contributed by atoms with Gasteiger partial charge >= 0.3 is 0 Å². The van der Waals surface area contributed by atoms with Gasteiger partial charge in [-0.05, 0) is 55.3 Å². The predicted octanol–water partition coefficient (Wildman–Crippen LogP) is 3.56. The second kappa shape index (κ2) is 4.12. The lowest BCUT2D eigenvalue weighted by atomic mass is 10.1. The summed E-state index contributed by atoms with van der Waals surface area (Å²) in [4.78, 5) is 4.72. The lowest BCUT2D eigenvalue weighted by Crippen LogP contribution is -1.94. The van der Waals surface area contributed by atoms with E-state index in [4.69, 9.17) is 4.98 Å². The number of rotatable bonds is 1. The van der Waals surface area contributed by atoms with E-state index in [1.807, 2.05) is 20.0 Å². The largest absolute Gasteiger partial charge is 0.508 e. The van der Waals surface area contributed by atoms with Crippen LogP contribution in [0.5, 0.6) is 5.75 Å². The number of fused-ring (bicyclic) bond motifs is 1. The zero-order valence-corrected chi connectivity index (χ0v) is 11.3. The average molecular weight is 252 g/mol. The summed E-state index contributed by atoms with van der Waals surface area (Å²) in [6.07, 6.45) is 0. The number of aromatic hydroxyl groups is 1. The lowest BCUT2D eigenvalue weighted by Gasteiger charge is -2.06. The Kier molecular flexibility index (Phi) is 2.56. The Bertz CT molecular complexity index is 772. The van der Waals surface area contributed by atoms with Crippen molar-refractivity contribution in [3.8, 4) is 17.1 Å². The van der Waals surface area contributed by atoms with Gasteiger partial charge in [-0.1, -0.05) is 6.07 Å². The van der Waals surface area contributed by atoms with Crippen molar-refractivity contribution in [1.29, 1.82) is 0 Å². The first-order chi connectivity index (χ1) is 9.06. The van der Waals surface area contributed by atoms with Crippen molar-refractivity contribution in [2.75, 3.05) is 0 Å². The fraction of sp³-hybridized carbons (Fsp3) is 0.188. The standard InChI is InChI=1S/C16H16N2O/c1-10-4-7-15-14(8-10)17-16(18(15)3)13-6-5-12(19)9-11(13)2/h4-9,19H,1-3H3. The smallest absolute Gasteiger partial charge is 0.141 e. The molecule has 0 saturated carbocycles. The van der Waals surface area contributed by atoms with E-state index in [0.717, 1.165) is 28.0 Å². The van der Waals surface area contributed by atoms with Gasteiger partial charge in [-0.25, -0.2) is 4.98 Å². The maximum atomic E-state index is 9.50. The van der Waals surface area contributed by atoms with Crippen LogP contribution in [-0.4, -0.2) is 14.7 Å². The Morgan fingerprint density at radius 1 is 1.05 bits per heavy atom. The quantitative estimate of drug-likeness (QED) is 0.719. The molecule has 3 aromatic rings. The third kappa shape index (κ3) is 1.87. The van der Waals surface area contributed by atoms with Crippen LogP contribution in [0.3, 0.4) is 0 Å². The van der Waals surface area contributed by atoms with Crippen LogP contribution in [0, 0.1) is 13.8 Å². The van der Waals surface area contributed by atoms with Gasteiger partial charge in [0.15, 0.2) is 0 Å². The molecule has 3 heteroatoms. The maximum absolute atomic E-state index is 9.50. The van der Waals surface area contributed by atoms with Gasteiger partial charge in [0.25, 0.3) is 0 Å². The molecule has 0 bridgehead atoms. The molecule has 3 nitrogen and oxygen atoms in total. The molecule has 0 spiro atoms. The first-order valence-electron chi connectivity index (χ1n) is 6.29. The Balaban J connectivity index is 2.27. The monoisotopic (exact) mass is 252 g/mol. The number of imidazole rings is 1. The fourth-order valence-electron chi connectivity index (χ4n) is 2.45. The summed E-state index contributed by atoms with van der Waals surface area (Å²) >= 11 is 0. The van der Waals surface area contributed by atoms with Crippen molar-refractivity contribution in [3.05, 3.63) is 47.5 Å². The summed E-state index contributed by atoms with van der Waals surface area (Å²) in [6.45, 7) is 4.05. The van der Waals surface area contributed by atoms with Crippen molar-refractivity contribution in [2.24, 2.45) is 7.05 Å². The van der Waals surface area contributed by atoms with Gasteiger partial charge in [-0.3, -0.25) is 0 Å². The molecule has 19 heavy (non-hydrogen) atoms. The molecule has 0 fully saturated rings. The molecule has 0 aliphatic rings. The zero-order chi connectivity index (χ0) is 13.6. The highest BCUT2D eigenvalue weighted by Gasteiger charge is 2.12. The third-order valence-electron chi connectivity index (χ3n) is 3.49. The van der Waals surface area contributed by atoms with Crippen LogP contribution in [0.25, 0.3) is 22.4 Å². The van der Waals surface area contributed by atoms with Gasteiger partial charge in [-0.2, -0.15) is 0 Å². The van der Waals surface area contributed by atoms with E-state index in [0.29, 0.717) is 0 Å². The van der Waals surface area contributed by atoms with E-state index in [2.05, 4.69) is 29.7 Å². The Morgan fingerprint density at radius 2 is 1.84 bits per heavy atom. The SMILES string of the molecule is Cc1ccc2c(c1)nc(-c1ccc(O)cc1C)n2C. The number of hydrogen-bond acceptors (Lipinski definition) is 2. The van der Waals surface area contributed by atoms with Crippen LogP contribution in [0.1, 0.15) is 11.1 Å². The first-order valence-corrected chi connectivity index (χ1v) is 6.29. The number of phenolic OH excluding ortho intramolecular Hbond substituents is 1. The number of aryl methyl sites for hydroxylation is 3. The van der Waals surface area contributed by atoms with Crippen LogP contribution in [0.4, 0.5) is 0 Å². The number of hydrogen-bond donors (Lipinski definition) is 1. The van der Waals surface area contributed by atoms with Crippen molar-refractivity contribution < 1.29 is 5.11 Å². The van der Waals surface area contributed by atoms with Crippen LogP contribution < -0.4 is 0 Å². The molecule has 0 amide bonds. The normalized spacial score (nSPS) is 11.1. The Hall–Kier alpha value is -2.29. The summed E-state index contributed by atoms with van der Waals surface area (Å²) in [6, 6.07) is 11.7. The van der Waals surface area contributed by atoms with Crippen LogP contribution in [0.15, 0.2) is 36.4 Å². The van der Waals surface area contributed by atoms with Gasteiger partial charge < -0.3 is 9.67 Å². The summed E-state index contributed by atoms with van der Waals surface area (Å²) in [5.74, 6) is 1.22. The summed E-state index contributed by atoms with van der Waals surface area (Å²) in [5, 5.41) is 9.50. The maximum Gasteiger partial charge on any atom is 0.141 e. The summed E-state index contributed by atoms with van der Waals surface area (Å²) in [5.41, 5.74) is 5.40. The minimum atomic E-state index is 0.288. The third-order valence-corrected chi connectivity index (χ3v) is 3.49. The molecule has 0 atom stereocenters. The Morgan fingerprint density at radius 3 is 2.58 bits per heavy atom. The van der Waals surface area contributed by atoms with Gasteiger partial charge in [0.1, 0.15) is 11.6 Å². The minimum absolute atomic E-state index is 0.288. The number of phenols is 1. The van der Waals surface area contributed by atoms with Crippen molar-refractivity contribution in [2.45, 2.75) is 13.8 Å². The lowest BCUT2D eigenvalue weighted by molar-refractivity contribution is 0.475. The number of aromatic nitrogens is 2. The van der Waals surface area contributed by atoms with Crippen LogP contribution in [-0.2, 0) is 7.05 Å². The van der Waals surface area contributed by atoms with E-state index >= 15 is 0 Å². The minimum Gasteiger partial charge on any atom is -0.508 e. The van der Waals surface area contributed by atoms with E-state index in [-0.39, 0.29) is 5.75 Å². The molecule has 0 saturated heterocycles. The van der Waals surface area contributed by atoms with E-state index < -0.39 is 0 Å². The average Bonchev–Trinajstić information content (AvgIpc) is 2.66. The predicted molar refractivity (Wildman–Crippen MR) is 77.3 cm³/mol. The van der Waals surface area contributed by atoms with Crippen LogP contribution in [0.2, 0.25) is 0 Å².